The van der Waals surface area contributed by atoms with E-state index in [9.17, 15) is 19.0 Å². The van der Waals surface area contributed by atoms with Gasteiger partial charge >= 0.3 is 19.8 Å². The Bertz CT molecular complexity index is 1290. The summed E-state index contributed by atoms with van der Waals surface area (Å²) in [6.07, 6.45) is 55.6. The van der Waals surface area contributed by atoms with Gasteiger partial charge in [0.2, 0.25) is 0 Å². The van der Waals surface area contributed by atoms with Crippen LogP contribution < -0.4 is 5.73 Å². The van der Waals surface area contributed by atoms with Crippen molar-refractivity contribution >= 4 is 19.8 Å². The van der Waals surface area contributed by atoms with Crippen molar-refractivity contribution in [1.29, 1.82) is 0 Å². The normalized spacial score (nSPS) is 14.4. The summed E-state index contributed by atoms with van der Waals surface area (Å²) in [4.78, 5) is 34.8. The van der Waals surface area contributed by atoms with Crippen LogP contribution >= 0.6 is 7.82 Å². The van der Waals surface area contributed by atoms with E-state index in [1.807, 2.05) is 12.2 Å². The summed E-state index contributed by atoms with van der Waals surface area (Å²) < 4.78 is 32.6. The predicted octanol–water partition coefficient (Wildman–Crippen LogP) is 12.4. The van der Waals surface area contributed by atoms with E-state index in [1.54, 1.807) is 0 Å². The third kappa shape index (κ3) is 42.1. The maximum absolute atomic E-state index is 12.5. The van der Waals surface area contributed by atoms with Gasteiger partial charge in [0.05, 0.1) is 13.2 Å². The number of rotatable bonds is 38. The van der Waals surface area contributed by atoms with E-state index in [0.717, 1.165) is 77.0 Å². The number of carbonyl (C=O) groups excluding carboxylic acids is 2. The molecule has 57 heavy (non-hydrogen) atoms. The number of unbranched alkanes of at least 4 members (excludes halogenated alkanes) is 7. The van der Waals surface area contributed by atoms with Crippen molar-refractivity contribution in [3.8, 4) is 0 Å². The quantitative estimate of drug-likeness (QED) is 0.0270. The van der Waals surface area contributed by atoms with Crippen LogP contribution in [0.5, 0.6) is 0 Å². The van der Waals surface area contributed by atoms with E-state index < -0.39 is 32.5 Å². The summed E-state index contributed by atoms with van der Waals surface area (Å²) in [7, 11) is -4.41. The minimum Gasteiger partial charge on any atom is -0.462 e. The fraction of sp³-hybridized carbons (Fsp3) is 0.574. The van der Waals surface area contributed by atoms with Crippen LogP contribution in [-0.4, -0.2) is 49.3 Å². The SMILES string of the molecule is CCC=CCC=CCC=CCC=CCCCCCCC(=O)OC[C@H](COP(=O)(O)OCCN)OC(=O)CCC=CCC=CCC=CCC=CCC=CCCCCC. The molecule has 0 amide bonds. The van der Waals surface area contributed by atoms with Gasteiger partial charge in [0.15, 0.2) is 6.10 Å². The van der Waals surface area contributed by atoms with E-state index in [2.05, 4.69) is 111 Å². The Balaban J connectivity index is 4.37. The highest BCUT2D eigenvalue weighted by atomic mass is 31.2. The lowest BCUT2D eigenvalue weighted by atomic mass is 10.1. The predicted molar refractivity (Wildman–Crippen MR) is 238 cm³/mol. The highest BCUT2D eigenvalue weighted by molar-refractivity contribution is 7.47. The van der Waals surface area contributed by atoms with Crippen LogP contribution in [0.2, 0.25) is 0 Å². The number of esters is 2. The number of phosphoric acid groups is 1. The average Bonchev–Trinajstić information content (AvgIpc) is 3.20. The molecule has 0 aromatic carbocycles. The van der Waals surface area contributed by atoms with Crippen LogP contribution in [0.15, 0.2) is 109 Å². The van der Waals surface area contributed by atoms with Gasteiger partial charge in [-0.15, -0.1) is 0 Å². The van der Waals surface area contributed by atoms with Crippen molar-refractivity contribution in [2.75, 3.05) is 26.4 Å². The molecule has 9 nitrogen and oxygen atoms in total. The Morgan fingerprint density at radius 2 is 1.00 bits per heavy atom. The average molecular weight is 814 g/mol. The van der Waals surface area contributed by atoms with Gasteiger partial charge < -0.3 is 20.1 Å². The molecular formula is C47H76NO8P. The van der Waals surface area contributed by atoms with E-state index in [-0.39, 0.29) is 32.6 Å². The lowest BCUT2D eigenvalue weighted by Gasteiger charge is -2.19. The first-order valence-corrected chi connectivity index (χ1v) is 22.9. The zero-order valence-corrected chi connectivity index (χ0v) is 36.2. The van der Waals surface area contributed by atoms with Crippen LogP contribution in [0, 0.1) is 0 Å². The molecule has 0 aromatic heterocycles. The number of nitrogens with two attached hydrogens (primary N) is 1. The van der Waals surface area contributed by atoms with Crippen molar-refractivity contribution < 1.29 is 37.6 Å². The summed E-state index contributed by atoms with van der Waals surface area (Å²) in [5.41, 5.74) is 5.34. The van der Waals surface area contributed by atoms with Gasteiger partial charge in [-0.25, -0.2) is 4.57 Å². The van der Waals surface area contributed by atoms with E-state index in [1.165, 1.54) is 25.7 Å². The fourth-order valence-electron chi connectivity index (χ4n) is 5.02. The largest absolute Gasteiger partial charge is 0.472 e. The Labute approximate surface area is 346 Å². The second-order valence-electron chi connectivity index (χ2n) is 13.5. The van der Waals surface area contributed by atoms with Crippen molar-refractivity contribution in [3.63, 3.8) is 0 Å². The second kappa shape index (κ2) is 42.3. The summed E-state index contributed by atoms with van der Waals surface area (Å²) >= 11 is 0. The standard InChI is InChI=1S/C47H76NO8P/c1-3-5-7-9-11-13-15-17-19-21-22-24-26-28-30-32-34-36-38-40-47(50)56-45(44-55-57(51,52)54-42-41-48)43-53-46(49)39-37-35-33-31-29-27-25-23-20-18-16-14-12-10-8-6-4-2/h6,8,11-14,17-20,22,24-25,27-28,30,34,36,45H,3-5,7,9-10,15-16,21,23,26,29,31-33,35,37-44,48H2,1-2H3,(H,51,52)/t45-/m1/s1. The number of hydrogen-bond acceptors (Lipinski definition) is 8. The van der Waals surface area contributed by atoms with Gasteiger partial charge in [0, 0.05) is 19.4 Å². The summed E-state index contributed by atoms with van der Waals surface area (Å²) in [6, 6.07) is 0. The number of ether oxygens (including phenoxy) is 2. The molecule has 0 saturated carbocycles. The highest BCUT2D eigenvalue weighted by Gasteiger charge is 2.25. The van der Waals surface area contributed by atoms with Crippen molar-refractivity contribution in [2.24, 2.45) is 5.73 Å². The molecule has 2 atom stereocenters. The van der Waals surface area contributed by atoms with Crippen LogP contribution in [0.1, 0.15) is 142 Å². The molecule has 10 heteroatoms. The maximum Gasteiger partial charge on any atom is 0.472 e. The van der Waals surface area contributed by atoms with E-state index in [4.69, 9.17) is 24.3 Å². The number of phosphoric ester groups is 1. The van der Waals surface area contributed by atoms with Crippen molar-refractivity contribution in [1.82, 2.24) is 0 Å². The topological polar surface area (TPSA) is 134 Å². The fourth-order valence-corrected chi connectivity index (χ4v) is 5.78. The highest BCUT2D eigenvalue weighted by Crippen LogP contribution is 2.43. The molecule has 0 bridgehead atoms. The molecule has 0 rings (SSSR count). The smallest absolute Gasteiger partial charge is 0.462 e. The first-order valence-electron chi connectivity index (χ1n) is 21.4. The lowest BCUT2D eigenvalue weighted by molar-refractivity contribution is -0.161. The van der Waals surface area contributed by atoms with Gasteiger partial charge in [-0.05, 0) is 89.9 Å². The molecule has 0 fully saturated rings. The zero-order valence-electron chi connectivity index (χ0n) is 35.3. The molecule has 0 aliphatic carbocycles. The Hall–Kier alpha value is -3.33. The van der Waals surface area contributed by atoms with Crippen LogP contribution in [0.4, 0.5) is 0 Å². The third-order valence-corrected chi connectivity index (χ3v) is 9.14. The summed E-state index contributed by atoms with van der Waals surface area (Å²) in [6.45, 7) is 3.44. The van der Waals surface area contributed by atoms with Gasteiger partial charge in [0.1, 0.15) is 6.61 Å². The maximum atomic E-state index is 12.5. The third-order valence-electron chi connectivity index (χ3n) is 8.16. The number of hydrogen-bond donors (Lipinski definition) is 2. The van der Waals surface area contributed by atoms with Gasteiger partial charge in [-0.2, -0.15) is 0 Å². The molecule has 0 saturated heterocycles. The molecule has 0 aliphatic rings. The molecule has 0 radical (unpaired) electrons. The number of allylic oxidation sites excluding steroid dienone is 18. The zero-order chi connectivity index (χ0) is 41.8. The van der Waals surface area contributed by atoms with Gasteiger partial charge in [-0.1, -0.05) is 149 Å². The minimum atomic E-state index is -4.41. The monoisotopic (exact) mass is 814 g/mol. The molecule has 3 N–H and O–H groups in total. The Morgan fingerprint density at radius 3 is 1.49 bits per heavy atom. The molecule has 0 aromatic rings. The van der Waals surface area contributed by atoms with Gasteiger partial charge in [0.25, 0.3) is 0 Å². The summed E-state index contributed by atoms with van der Waals surface area (Å²) in [5, 5.41) is 0. The van der Waals surface area contributed by atoms with Crippen molar-refractivity contribution in [2.45, 2.75) is 148 Å². The van der Waals surface area contributed by atoms with Crippen LogP contribution in [-0.2, 0) is 32.7 Å². The number of carbonyl (C=O) groups is 2. The van der Waals surface area contributed by atoms with Gasteiger partial charge in [-0.3, -0.25) is 18.6 Å². The first kappa shape index (κ1) is 53.7. The molecule has 1 unspecified atom stereocenters. The molecule has 0 heterocycles. The molecule has 0 aliphatic heterocycles. The molecule has 322 valence electrons. The van der Waals surface area contributed by atoms with E-state index in [0.29, 0.717) is 12.8 Å². The Kier molecular flexibility index (Phi) is 39.8. The van der Waals surface area contributed by atoms with Crippen molar-refractivity contribution in [3.05, 3.63) is 109 Å². The molecule has 0 spiro atoms. The second-order valence-corrected chi connectivity index (χ2v) is 14.9. The Morgan fingerprint density at radius 1 is 0.544 bits per heavy atom. The van der Waals surface area contributed by atoms with Crippen LogP contribution in [0.25, 0.3) is 0 Å². The van der Waals surface area contributed by atoms with Crippen LogP contribution in [0.3, 0.4) is 0 Å². The first-order chi connectivity index (χ1) is 27.8. The van der Waals surface area contributed by atoms with E-state index >= 15 is 0 Å². The lowest BCUT2D eigenvalue weighted by Crippen LogP contribution is -2.29. The molecular weight excluding hydrogens is 737 g/mol. The minimum absolute atomic E-state index is 0.0320. The summed E-state index contributed by atoms with van der Waals surface area (Å²) in [5.74, 6) is -0.965.